The van der Waals surface area contributed by atoms with Crippen molar-refractivity contribution in [1.29, 1.82) is 0 Å². The Kier molecular flexibility index (Phi) is 4.82. The van der Waals surface area contributed by atoms with E-state index in [2.05, 4.69) is 5.32 Å². The Morgan fingerprint density at radius 1 is 1.12 bits per heavy atom. The summed E-state index contributed by atoms with van der Waals surface area (Å²) in [6.07, 6.45) is 5.95. The number of anilines is 1. The van der Waals surface area contributed by atoms with Crippen molar-refractivity contribution in [3.05, 3.63) is 23.2 Å². The van der Waals surface area contributed by atoms with Crippen molar-refractivity contribution in [2.75, 3.05) is 19.0 Å². The summed E-state index contributed by atoms with van der Waals surface area (Å²) in [6, 6.07) is 4.97. The summed E-state index contributed by atoms with van der Waals surface area (Å²) in [4.78, 5) is 24.8. The minimum absolute atomic E-state index is 0.0173. The zero-order chi connectivity index (χ0) is 18.3. The van der Waals surface area contributed by atoms with Gasteiger partial charge in [-0.2, -0.15) is 0 Å². The molecule has 0 heterocycles. The van der Waals surface area contributed by atoms with E-state index in [9.17, 15) is 9.59 Å². The number of halogens is 1. The van der Waals surface area contributed by atoms with Gasteiger partial charge < -0.3 is 14.8 Å². The van der Waals surface area contributed by atoms with Crippen LogP contribution in [0.15, 0.2) is 18.2 Å². The number of carbonyl (C=O) groups excluding carboxylic acids is 2. The van der Waals surface area contributed by atoms with Crippen LogP contribution in [0.1, 0.15) is 32.1 Å². The van der Waals surface area contributed by atoms with Crippen LogP contribution >= 0.6 is 11.6 Å². The van der Waals surface area contributed by atoms with E-state index in [0.717, 1.165) is 37.5 Å². The van der Waals surface area contributed by atoms with Crippen LogP contribution in [0.2, 0.25) is 5.02 Å². The Bertz CT molecular complexity index is 692. The van der Waals surface area contributed by atoms with Gasteiger partial charge >= 0.3 is 5.97 Å². The maximum Gasteiger partial charge on any atom is 0.310 e. The van der Waals surface area contributed by atoms with Crippen LogP contribution in [-0.4, -0.2) is 25.6 Å². The van der Waals surface area contributed by atoms with Gasteiger partial charge in [-0.05, 0) is 74.0 Å². The zero-order valence-corrected chi connectivity index (χ0v) is 15.6. The van der Waals surface area contributed by atoms with Gasteiger partial charge in [-0.15, -0.1) is 0 Å². The van der Waals surface area contributed by atoms with E-state index in [1.165, 1.54) is 13.5 Å². The van der Waals surface area contributed by atoms with Crippen LogP contribution in [0.3, 0.4) is 0 Å². The third kappa shape index (κ3) is 3.41. The van der Waals surface area contributed by atoms with Gasteiger partial charge in [0.2, 0.25) is 0 Å². The molecule has 6 heteroatoms. The van der Waals surface area contributed by atoms with Crippen molar-refractivity contribution in [3.63, 3.8) is 0 Å². The molecule has 0 saturated heterocycles. The molecule has 26 heavy (non-hydrogen) atoms. The molecule has 4 fully saturated rings. The van der Waals surface area contributed by atoms with E-state index in [1.54, 1.807) is 18.2 Å². The fourth-order valence-electron chi connectivity index (χ4n) is 5.51. The Labute approximate surface area is 158 Å². The number of amides is 1. The molecule has 0 unspecified atom stereocenters. The Morgan fingerprint density at radius 2 is 1.77 bits per heavy atom. The molecule has 0 aromatic heterocycles. The van der Waals surface area contributed by atoms with Crippen molar-refractivity contribution >= 4 is 29.2 Å². The van der Waals surface area contributed by atoms with Gasteiger partial charge in [-0.1, -0.05) is 11.6 Å². The standard InChI is InChI=1S/C20H24ClNO4/c1-25-17-3-2-15(21)9-16(17)22-18(23)10-26-20(24)19-13-5-11-4-12(7-13)8-14(19)6-11/h2-3,9,11-14,19H,4-8,10H2,1H3,(H,22,23). The van der Waals surface area contributed by atoms with E-state index in [1.807, 2.05) is 0 Å². The molecule has 0 atom stereocenters. The fraction of sp³-hybridized carbons (Fsp3) is 0.600. The molecule has 5 nitrogen and oxygen atoms in total. The predicted octanol–water partition coefficient (Wildman–Crippen LogP) is 3.90. The Balaban J connectivity index is 1.33. The second-order valence-corrected chi connectivity index (χ2v) is 8.39. The molecule has 1 aromatic rings. The molecule has 1 amide bonds. The zero-order valence-electron chi connectivity index (χ0n) is 14.9. The molecule has 140 valence electrons. The molecule has 0 aliphatic heterocycles. The first-order chi connectivity index (χ1) is 12.5. The van der Waals surface area contributed by atoms with Crippen LogP contribution in [0, 0.1) is 29.6 Å². The summed E-state index contributed by atoms with van der Waals surface area (Å²) in [5.41, 5.74) is 0.468. The topological polar surface area (TPSA) is 64.6 Å². The van der Waals surface area contributed by atoms with E-state index in [4.69, 9.17) is 21.1 Å². The third-order valence-corrected chi connectivity index (χ3v) is 6.52. The number of ether oxygens (including phenoxy) is 2. The maximum atomic E-state index is 12.6. The van der Waals surface area contributed by atoms with Gasteiger partial charge in [0.05, 0.1) is 18.7 Å². The highest BCUT2D eigenvalue weighted by atomic mass is 35.5. The largest absolute Gasteiger partial charge is 0.495 e. The average Bonchev–Trinajstić information content (AvgIpc) is 2.59. The number of methoxy groups -OCH3 is 1. The third-order valence-electron chi connectivity index (χ3n) is 6.28. The summed E-state index contributed by atoms with van der Waals surface area (Å²) >= 11 is 5.96. The van der Waals surface area contributed by atoms with Crippen molar-refractivity contribution < 1.29 is 19.1 Å². The summed E-state index contributed by atoms with van der Waals surface area (Å²) in [6.45, 7) is -0.280. The highest BCUT2D eigenvalue weighted by Gasteiger charge is 2.51. The SMILES string of the molecule is COc1ccc(Cl)cc1NC(=O)COC(=O)C1C2CC3CC(C2)CC1C3. The van der Waals surface area contributed by atoms with Crippen molar-refractivity contribution in [3.8, 4) is 5.75 Å². The molecule has 1 aromatic carbocycles. The summed E-state index contributed by atoms with van der Waals surface area (Å²) in [7, 11) is 1.52. The normalized spacial score (nSPS) is 31.5. The van der Waals surface area contributed by atoms with Crippen LogP contribution in [0.4, 0.5) is 5.69 Å². The summed E-state index contributed by atoms with van der Waals surface area (Å²) < 4.78 is 10.6. The minimum Gasteiger partial charge on any atom is -0.495 e. The smallest absolute Gasteiger partial charge is 0.310 e. The number of hydrogen-bond donors (Lipinski definition) is 1. The lowest BCUT2D eigenvalue weighted by Crippen LogP contribution is -2.48. The predicted molar refractivity (Wildman–Crippen MR) is 98.1 cm³/mol. The molecule has 1 N–H and O–H groups in total. The van der Waals surface area contributed by atoms with Crippen molar-refractivity contribution in [2.45, 2.75) is 32.1 Å². The van der Waals surface area contributed by atoms with Gasteiger partial charge in [0.15, 0.2) is 6.61 Å². The lowest BCUT2D eigenvalue weighted by molar-refractivity contribution is -0.164. The average molecular weight is 378 g/mol. The molecule has 0 radical (unpaired) electrons. The maximum absolute atomic E-state index is 12.6. The first-order valence-corrected chi connectivity index (χ1v) is 9.71. The fourth-order valence-corrected chi connectivity index (χ4v) is 5.68. The molecule has 4 bridgehead atoms. The van der Waals surface area contributed by atoms with E-state index in [-0.39, 0.29) is 24.4 Å². The first-order valence-electron chi connectivity index (χ1n) is 9.33. The quantitative estimate of drug-likeness (QED) is 0.790. The lowest BCUT2D eigenvalue weighted by Gasteiger charge is -2.53. The van der Waals surface area contributed by atoms with Crippen molar-refractivity contribution in [2.24, 2.45) is 29.6 Å². The number of carbonyl (C=O) groups is 2. The van der Waals surface area contributed by atoms with Crippen LogP contribution in [0.25, 0.3) is 0 Å². The van der Waals surface area contributed by atoms with Gasteiger partial charge in [-0.25, -0.2) is 0 Å². The summed E-state index contributed by atoms with van der Waals surface area (Å²) in [5.74, 6) is 2.42. The van der Waals surface area contributed by atoms with E-state index < -0.39 is 0 Å². The van der Waals surface area contributed by atoms with Crippen LogP contribution < -0.4 is 10.1 Å². The number of esters is 1. The Hall–Kier alpha value is -1.75. The number of benzene rings is 1. The molecular weight excluding hydrogens is 354 g/mol. The van der Waals surface area contributed by atoms with Crippen molar-refractivity contribution in [1.82, 2.24) is 0 Å². The second-order valence-electron chi connectivity index (χ2n) is 7.96. The number of hydrogen-bond acceptors (Lipinski definition) is 4. The monoisotopic (exact) mass is 377 g/mol. The van der Waals surface area contributed by atoms with Gasteiger partial charge in [0.25, 0.3) is 5.91 Å². The van der Waals surface area contributed by atoms with Crippen LogP contribution in [-0.2, 0) is 14.3 Å². The van der Waals surface area contributed by atoms with Crippen LogP contribution in [0.5, 0.6) is 5.75 Å². The molecule has 4 aliphatic carbocycles. The number of rotatable bonds is 5. The minimum atomic E-state index is -0.386. The Morgan fingerprint density at radius 3 is 2.38 bits per heavy atom. The highest BCUT2D eigenvalue weighted by molar-refractivity contribution is 6.31. The highest BCUT2D eigenvalue weighted by Crippen LogP contribution is 2.56. The first kappa shape index (κ1) is 17.7. The molecular formula is C20H24ClNO4. The van der Waals surface area contributed by atoms with Gasteiger partial charge in [-0.3, -0.25) is 9.59 Å². The lowest BCUT2D eigenvalue weighted by atomic mass is 9.52. The molecule has 0 spiro atoms. The number of nitrogens with one attached hydrogen (secondary N) is 1. The second kappa shape index (κ2) is 7.10. The van der Waals surface area contributed by atoms with E-state index >= 15 is 0 Å². The molecule has 4 aliphatic rings. The van der Waals surface area contributed by atoms with Gasteiger partial charge in [0.1, 0.15) is 5.75 Å². The van der Waals surface area contributed by atoms with Gasteiger partial charge in [0, 0.05) is 5.02 Å². The molecule has 5 rings (SSSR count). The summed E-state index contributed by atoms with van der Waals surface area (Å²) in [5, 5.41) is 3.19. The van der Waals surface area contributed by atoms with E-state index in [0.29, 0.717) is 28.3 Å². The molecule has 4 saturated carbocycles.